The van der Waals surface area contributed by atoms with E-state index < -0.39 is 6.10 Å². The highest BCUT2D eigenvalue weighted by Gasteiger charge is 2.30. The second-order valence-electron chi connectivity index (χ2n) is 5.84. The van der Waals surface area contributed by atoms with Crippen LogP contribution in [0.5, 0.6) is 0 Å². The minimum Gasteiger partial charge on any atom is -0.376 e. The number of aryl methyl sites for hydroxylation is 2. The van der Waals surface area contributed by atoms with Gasteiger partial charge in [-0.2, -0.15) is 0 Å². The molecule has 0 spiro atoms. The lowest BCUT2D eigenvalue weighted by molar-refractivity contribution is -0.159. The summed E-state index contributed by atoms with van der Waals surface area (Å²) >= 11 is 0. The maximum atomic E-state index is 12.4. The molecule has 3 rings (SSSR count). The first kappa shape index (κ1) is 15.5. The molecule has 0 aromatic carbocycles. The predicted molar refractivity (Wildman–Crippen MR) is 78.4 cm³/mol. The van der Waals surface area contributed by atoms with E-state index in [1.54, 1.807) is 0 Å². The van der Waals surface area contributed by atoms with Crippen molar-refractivity contribution in [1.29, 1.82) is 0 Å². The lowest BCUT2D eigenvalue weighted by atomic mass is 10.1. The third-order valence-electron chi connectivity index (χ3n) is 4.34. The van der Waals surface area contributed by atoms with Gasteiger partial charge in [0.15, 0.2) is 6.10 Å². The summed E-state index contributed by atoms with van der Waals surface area (Å²) in [5.74, 6) is 0.931. The average molecular weight is 309 g/mol. The summed E-state index contributed by atoms with van der Waals surface area (Å²) < 4.78 is 16.0. The van der Waals surface area contributed by atoms with Crippen LogP contribution in [0.15, 0.2) is 4.52 Å². The highest BCUT2D eigenvalue weighted by molar-refractivity contribution is 5.81. The molecule has 0 saturated carbocycles. The maximum Gasteiger partial charge on any atom is 0.254 e. The number of carbonyl (C=O) groups excluding carboxylic acids is 1. The van der Waals surface area contributed by atoms with Gasteiger partial charge in [-0.1, -0.05) is 5.16 Å². The van der Waals surface area contributed by atoms with E-state index in [1.165, 1.54) is 0 Å². The van der Waals surface area contributed by atoms with Crippen molar-refractivity contribution in [2.75, 3.05) is 46.0 Å². The Labute approximate surface area is 130 Å². The Hall–Kier alpha value is -1.44. The normalized spacial score (nSPS) is 23.7. The molecule has 2 aliphatic rings. The summed E-state index contributed by atoms with van der Waals surface area (Å²) in [4.78, 5) is 16.6. The highest BCUT2D eigenvalue weighted by Crippen LogP contribution is 2.17. The van der Waals surface area contributed by atoms with Gasteiger partial charge in [0.2, 0.25) is 0 Å². The molecule has 0 unspecified atom stereocenters. The van der Waals surface area contributed by atoms with Crippen molar-refractivity contribution in [2.45, 2.75) is 26.5 Å². The zero-order valence-corrected chi connectivity index (χ0v) is 13.2. The average Bonchev–Trinajstić information content (AvgIpc) is 2.88. The zero-order valence-electron chi connectivity index (χ0n) is 13.2. The second kappa shape index (κ2) is 6.76. The largest absolute Gasteiger partial charge is 0.376 e. The Balaban J connectivity index is 1.51. The number of carbonyl (C=O) groups is 1. The predicted octanol–water partition coefficient (Wildman–Crippen LogP) is 0.351. The van der Waals surface area contributed by atoms with E-state index in [9.17, 15) is 4.79 Å². The molecule has 7 heteroatoms. The molecule has 1 aromatic heterocycles. The third-order valence-corrected chi connectivity index (χ3v) is 4.34. The molecule has 1 aromatic rings. The number of piperazine rings is 1. The molecule has 2 aliphatic heterocycles. The van der Waals surface area contributed by atoms with Crippen LogP contribution in [0, 0.1) is 13.8 Å². The Bertz CT molecular complexity index is 497. The first-order valence-corrected chi connectivity index (χ1v) is 7.77. The number of rotatable bonds is 3. The summed E-state index contributed by atoms with van der Waals surface area (Å²) in [7, 11) is 0. The minimum absolute atomic E-state index is 0.0525. The van der Waals surface area contributed by atoms with Gasteiger partial charge in [0.05, 0.1) is 25.5 Å². The number of amides is 1. The fourth-order valence-electron chi connectivity index (χ4n) is 2.91. The van der Waals surface area contributed by atoms with E-state index in [0.717, 1.165) is 49.7 Å². The molecule has 1 atom stereocenters. The molecule has 1 amide bonds. The smallest absolute Gasteiger partial charge is 0.254 e. The standard InChI is InChI=1S/C15H23N3O4/c1-11-13(12(2)22-16-11)9-17-3-5-18(6-4-17)15(19)14-10-20-7-8-21-14/h14H,3-10H2,1-2H3/t14-/m1/s1. The molecule has 2 saturated heterocycles. The first-order chi connectivity index (χ1) is 10.6. The molecule has 2 fully saturated rings. The van der Waals surface area contributed by atoms with Crippen LogP contribution in [-0.4, -0.2) is 73.0 Å². The number of hydrogen-bond acceptors (Lipinski definition) is 6. The fourth-order valence-corrected chi connectivity index (χ4v) is 2.91. The van der Waals surface area contributed by atoms with Crippen LogP contribution >= 0.6 is 0 Å². The highest BCUT2D eigenvalue weighted by atomic mass is 16.6. The minimum atomic E-state index is -0.428. The Morgan fingerprint density at radius 3 is 2.59 bits per heavy atom. The molecule has 7 nitrogen and oxygen atoms in total. The molecule has 122 valence electrons. The SMILES string of the molecule is Cc1noc(C)c1CN1CCN(C(=O)[C@H]2COCCO2)CC1. The zero-order chi connectivity index (χ0) is 15.5. The molecular formula is C15H23N3O4. The summed E-state index contributed by atoms with van der Waals surface area (Å²) in [6.45, 7) is 9.33. The van der Waals surface area contributed by atoms with Crippen LogP contribution in [0.2, 0.25) is 0 Å². The van der Waals surface area contributed by atoms with E-state index in [4.69, 9.17) is 14.0 Å². The monoisotopic (exact) mass is 309 g/mol. The van der Waals surface area contributed by atoms with E-state index in [0.29, 0.717) is 19.8 Å². The van der Waals surface area contributed by atoms with Gasteiger partial charge in [0.1, 0.15) is 5.76 Å². The quantitative estimate of drug-likeness (QED) is 0.803. The van der Waals surface area contributed by atoms with Gasteiger partial charge in [0, 0.05) is 38.3 Å². The van der Waals surface area contributed by atoms with Crippen molar-refractivity contribution in [1.82, 2.24) is 15.0 Å². The molecule has 0 radical (unpaired) electrons. The van der Waals surface area contributed by atoms with Crippen molar-refractivity contribution in [2.24, 2.45) is 0 Å². The van der Waals surface area contributed by atoms with Gasteiger partial charge in [-0.3, -0.25) is 9.69 Å². The summed E-state index contributed by atoms with van der Waals surface area (Å²) in [5.41, 5.74) is 2.10. The van der Waals surface area contributed by atoms with Crippen molar-refractivity contribution in [3.8, 4) is 0 Å². The van der Waals surface area contributed by atoms with Crippen LogP contribution in [0.4, 0.5) is 0 Å². The number of hydrogen-bond donors (Lipinski definition) is 0. The Kier molecular flexibility index (Phi) is 4.75. The van der Waals surface area contributed by atoms with Gasteiger partial charge < -0.3 is 18.9 Å². The molecular weight excluding hydrogens is 286 g/mol. The topological polar surface area (TPSA) is 68.0 Å². The molecule has 0 N–H and O–H groups in total. The van der Waals surface area contributed by atoms with E-state index in [2.05, 4.69) is 10.1 Å². The van der Waals surface area contributed by atoms with E-state index >= 15 is 0 Å². The Morgan fingerprint density at radius 2 is 2.00 bits per heavy atom. The van der Waals surface area contributed by atoms with Crippen LogP contribution in [0.1, 0.15) is 17.0 Å². The van der Waals surface area contributed by atoms with Crippen molar-refractivity contribution >= 4 is 5.91 Å². The third kappa shape index (κ3) is 3.31. The second-order valence-corrected chi connectivity index (χ2v) is 5.84. The van der Waals surface area contributed by atoms with Crippen LogP contribution < -0.4 is 0 Å². The van der Waals surface area contributed by atoms with Crippen molar-refractivity contribution < 1.29 is 18.8 Å². The molecule has 0 bridgehead atoms. The number of ether oxygens (including phenoxy) is 2. The van der Waals surface area contributed by atoms with Gasteiger partial charge >= 0.3 is 0 Å². The number of nitrogens with zero attached hydrogens (tertiary/aromatic N) is 3. The van der Waals surface area contributed by atoms with Crippen LogP contribution in [0.25, 0.3) is 0 Å². The summed E-state index contributed by atoms with van der Waals surface area (Å²) in [6, 6.07) is 0. The van der Waals surface area contributed by atoms with Gasteiger partial charge in [-0.15, -0.1) is 0 Å². The van der Waals surface area contributed by atoms with Crippen LogP contribution in [0.3, 0.4) is 0 Å². The van der Waals surface area contributed by atoms with Gasteiger partial charge in [0.25, 0.3) is 5.91 Å². The van der Waals surface area contributed by atoms with Gasteiger partial charge in [-0.05, 0) is 13.8 Å². The lowest BCUT2D eigenvalue weighted by Gasteiger charge is -2.36. The first-order valence-electron chi connectivity index (χ1n) is 7.77. The Morgan fingerprint density at radius 1 is 1.23 bits per heavy atom. The van der Waals surface area contributed by atoms with Crippen molar-refractivity contribution in [3.63, 3.8) is 0 Å². The van der Waals surface area contributed by atoms with Crippen LogP contribution in [-0.2, 0) is 20.8 Å². The fraction of sp³-hybridized carbons (Fsp3) is 0.733. The maximum absolute atomic E-state index is 12.4. The summed E-state index contributed by atoms with van der Waals surface area (Å²) in [5, 5.41) is 3.99. The van der Waals surface area contributed by atoms with Gasteiger partial charge in [-0.25, -0.2) is 0 Å². The molecule has 3 heterocycles. The molecule has 0 aliphatic carbocycles. The van der Waals surface area contributed by atoms with Crippen molar-refractivity contribution in [3.05, 3.63) is 17.0 Å². The lowest BCUT2D eigenvalue weighted by Crippen LogP contribution is -2.53. The van der Waals surface area contributed by atoms with E-state index in [1.807, 2.05) is 18.7 Å². The summed E-state index contributed by atoms with van der Waals surface area (Å²) in [6.07, 6.45) is -0.428. The van der Waals surface area contributed by atoms with E-state index in [-0.39, 0.29) is 5.91 Å². The molecule has 22 heavy (non-hydrogen) atoms. The number of aromatic nitrogens is 1.